The first-order valence-electron chi connectivity index (χ1n) is 6.98. The van der Waals surface area contributed by atoms with Crippen molar-refractivity contribution in [3.05, 3.63) is 69.4 Å². The monoisotopic (exact) mass is 342 g/mol. The third-order valence-electron chi connectivity index (χ3n) is 3.46. The van der Waals surface area contributed by atoms with Crippen molar-refractivity contribution in [2.24, 2.45) is 0 Å². The number of carbonyl (C=O) groups is 1. The van der Waals surface area contributed by atoms with E-state index < -0.39 is 4.92 Å². The molecule has 0 amide bonds. The molecule has 3 aromatic rings. The van der Waals surface area contributed by atoms with E-state index in [1.807, 2.05) is 0 Å². The summed E-state index contributed by atoms with van der Waals surface area (Å²) in [6.07, 6.45) is 1.56. The van der Waals surface area contributed by atoms with Crippen LogP contribution in [-0.2, 0) is 0 Å². The lowest BCUT2D eigenvalue weighted by Gasteiger charge is -2.10. The standard InChI is InChI=1S/C17H11ClN2O4/c1-10(21)11-4-6-15(13(18)9-11)24-16-7-5-14-12(3-2-8-19-14)17(16)20(22)23/h2-9H,1H3. The molecule has 1 aromatic heterocycles. The fourth-order valence-corrected chi connectivity index (χ4v) is 2.53. The van der Waals surface area contributed by atoms with Crippen molar-refractivity contribution < 1.29 is 14.5 Å². The largest absolute Gasteiger partial charge is 0.449 e. The van der Waals surface area contributed by atoms with Gasteiger partial charge in [0.25, 0.3) is 0 Å². The molecule has 0 radical (unpaired) electrons. The number of pyridine rings is 1. The van der Waals surface area contributed by atoms with Crippen LogP contribution in [0.25, 0.3) is 10.9 Å². The van der Waals surface area contributed by atoms with Crippen molar-refractivity contribution in [2.45, 2.75) is 6.92 Å². The molecule has 0 atom stereocenters. The fraction of sp³-hybridized carbons (Fsp3) is 0.0588. The lowest BCUT2D eigenvalue weighted by atomic mass is 10.1. The molecule has 24 heavy (non-hydrogen) atoms. The average molecular weight is 343 g/mol. The molecule has 2 aromatic carbocycles. The van der Waals surface area contributed by atoms with Gasteiger partial charge in [-0.3, -0.25) is 19.9 Å². The highest BCUT2D eigenvalue weighted by molar-refractivity contribution is 6.32. The van der Waals surface area contributed by atoms with Crippen LogP contribution < -0.4 is 4.74 Å². The van der Waals surface area contributed by atoms with Crippen LogP contribution in [0, 0.1) is 10.1 Å². The summed E-state index contributed by atoms with van der Waals surface area (Å²) in [5.41, 5.74) is 0.742. The van der Waals surface area contributed by atoms with Gasteiger partial charge in [-0.05, 0) is 49.4 Å². The molecule has 0 N–H and O–H groups in total. The Bertz CT molecular complexity index is 972. The van der Waals surface area contributed by atoms with Crippen molar-refractivity contribution in [2.75, 3.05) is 0 Å². The van der Waals surface area contributed by atoms with Gasteiger partial charge in [-0.2, -0.15) is 0 Å². The van der Waals surface area contributed by atoms with E-state index >= 15 is 0 Å². The number of Topliss-reactive ketones (excluding diaryl/α,β-unsaturated/α-hetero) is 1. The van der Waals surface area contributed by atoms with Crippen LogP contribution >= 0.6 is 11.6 Å². The highest BCUT2D eigenvalue weighted by Gasteiger charge is 2.21. The van der Waals surface area contributed by atoms with Gasteiger partial charge in [0.1, 0.15) is 5.75 Å². The second-order valence-corrected chi connectivity index (χ2v) is 5.45. The van der Waals surface area contributed by atoms with E-state index in [9.17, 15) is 14.9 Å². The van der Waals surface area contributed by atoms with Crippen LogP contribution in [0.2, 0.25) is 5.02 Å². The van der Waals surface area contributed by atoms with E-state index in [2.05, 4.69) is 4.98 Å². The van der Waals surface area contributed by atoms with Gasteiger partial charge in [-0.25, -0.2) is 0 Å². The van der Waals surface area contributed by atoms with Crippen molar-refractivity contribution in [3.63, 3.8) is 0 Å². The second-order valence-electron chi connectivity index (χ2n) is 5.04. The minimum absolute atomic E-state index is 0.0537. The highest BCUT2D eigenvalue weighted by Crippen LogP contribution is 2.39. The number of nitro benzene ring substituents is 1. The van der Waals surface area contributed by atoms with Gasteiger partial charge in [0, 0.05) is 11.8 Å². The summed E-state index contributed by atoms with van der Waals surface area (Å²) in [5, 5.41) is 12.0. The predicted molar refractivity (Wildman–Crippen MR) is 89.9 cm³/mol. The molecule has 0 bridgehead atoms. The SMILES string of the molecule is CC(=O)c1ccc(Oc2ccc3ncccc3c2[N+](=O)[O-])c(Cl)c1. The zero-order chi connectivity index (χ0) is 17.3. The Morgan fingerprint density at radius 3 is 2.62 bits per heavy atom. The summed E-state index contributed by atoms with van der Waals surface area (Å²) in [6.45, 7) is 1.42. The third kappa shape index (κ3) is 2.91. The maximum absolute atomic E-state index is 11.5. The Hall–Kier alpha value is -2.99. The van der Waals surface area contributed by atoms with Crippen LogP contribution in [0.3, 0.4) is 0 Å². The molecule has 1 heterocycles. The number of ketones is 1. The summed E-state index contributed by atoms with van der Waals surface area (Å²) >= 11 is 6.11. The van der Waals surface area contributed by atoms with Gasteiger partial charge in [-0.15, -0.1) is 0 Å². The third-order valence-corrected chi connectivity index (χ3v) is 3.76. The molecule has 0 aliphatic carbocycles. The maximum atomic E-state index is 11.5. The van der Waals surface area contributed by atoms with E-state index in [4.69, 9.17) is 16.3 Å². The Morgan fingerprint density at radius 2 is 1.96 bits per heavy atom. The molecule has 0 unspecified atom stereocenters. The van der Waals surface area contributed by atoms with Crippen LogP contribution in [0.15, 0.2) is 48.7 Å². The van der Waals surface area contributed by atoms with Gasteiger partial charge in [0.15, 0.2) is 5.78 Å². The van der Waals surface area contributed by atoms with Crippen molar-refractivity contribution >= 4 is 34.0 Å². The number of ether oxygens (including phenoxy) is 1. The molecule has 0 spiro atoms. The molecule has 7 heteroatoms. The number of nitrogens with zero attached hydrogens (tertiary/aromatic N) is 2. The number of aromatic nitrogens is 1. The van der Waals surface area contributed by atoms with E-state index in [0.717, 1.165) is 0 Å². The first-order chi connectivity index (χ1) is 11.5. The zero-order valence-electron chi connectivity index (χ0n) is 12.5. The summed E-state index contributed by atoms with van der Waals surface area (Å²) in [5.74, 6) is 0.150. The summed E-state index contributed by atoms with van der Waals surface area (Å²) in [4.78, 5) is 26.4. The molecule has 3 rings (SSSR count). The normalized spacial score (nSPS) is 10.6. The molecule has 0 saturated carbocycles. The minimum atomic E-state index is -0.517. The van der Waals surface area contributed by atoms with E-state index in [0.29, 0.717) is 16.5 Å². The van der Waals surface area contributed by atoms with Crippen LogP contribution in [0.1, 0.15) is 17.3 Å². The lowest BCUT2D eigenvalue weighted by Crippen LogP contribution is -1.97. The second kappa shape index (κ2) is 6.25. The van der Waals surface area contributed by atoms with Gasteiger partial charge < -0.3 is 4.74 Å². The Balaban J connectivity index is 2.09. The highest BCUT2D eigenvalue weighted by atomic mass is 35.5. The Morgan fingerprint density at radius 1 is 1.21 bits per heavy atom. The summed E-state index contributed by atoms with van der Waals surface area (Å²) in [6, 6.07) is 10.9. The van der Waals surface area contributed by atoms with Gasteiger partial charge >= 0.3 is 5.69 Å². The number of rotatable bonds is 4. The average Bonchev–Trinajstić information content (AvgIpc) is 2.55. The van der Waals surface area contributed by atoms with Crippen LogP contribution in [-0.4, -0.2) is 15.7 Å². The van der Waals surface area contributed by atoms with Crippen LogP contribution in [0.4, 0.5) is 5.69 Å². The number of hydrogen-bond acceptors (Lipinski definition) is 5. The maximum Gasteiger partial charge on any atom is 0.320 e. The molecule has 6 nitrogen and oxygen atoms in total. The van der Waals surface area contributed by atoms with Crippen molar-refractivity contribution in [3.8, 4) is 11.5 Å². The van der Waals surface area contributed by atoms with E-state index in [1.54, 1.807) is 30.5 Å². The van der Waals surface area contributed by atoms with E-state index in [1.165, 1.54) is 25.1 Å². The zero-order valence-corrected chi connectivity index (χ0v) is 13.3. The van der Waals surface area contributed by atoms with E-state index in [-0.39, 0.29) is 28.0 Å². The molecule has 0 saturated heterocycles. The lowest BCUT2D eigenvalue weighted by molar-refractivity contribution is -0.383. The Labute approximate surface area is 141 Å². The number of benzene rings is 2. The number of nitro groups is 1. The minimum Gasteiger partial charge on any atom is -0.449 e. The fourth-order valence-electron chi connectivity index (χ4n) is 2.31. The summed E-state index contributed by atoms with van der Waals surface area (Å²) < 4.78 is 5.63. The molecule has 0 fully saturated rings. The number of halogens is 1. The quantitative estimate of drug-likeness (QED) is 0.386. The van der Waals surface area contributed by atoms with Crippen molar-refractivity contribution in [1.29, 1.82) is 0 Å². The number of hydrogen-bond donors (Lipinski definition) is 0. The molecular formula is C17H11ClN2O4. The smallest absolute Gasteiger partial charge is 0.320 e. The van der Waals surface area contributed by atoms with Gasteiger partial charge in [-0.1, -0.05) is 11.6 Å². The first-order valence-corrected chi connectivity index (χ1v) is 7.35. The molecule has 0 aliphatic rings. The molecule has 0 aliphatic heterocycles. The van der Waals surface area contributed by atoms with Gasteiger partial charge in [0.2, 0.25) is 5.75 Å². The summed E-state index contributed by atoms with van der Waals surface area (Å²) in [7, 11) is 0. The molecular weight excluding hydrogens is 332 g/mol. The topological polar surface area (TPSA) is 82.3 Å². The predicted octanol–water partition coefficient (Wildman–Crippen LogP) is 4.79. The van der Waals surface area contributed by atoms with Gasteiger partial charge in [0.05, 0.1) is 20.8 Å². The Kier molecular flexibility index (Phi) is 4.14. The molecule has 120 valence electrons. The van der Waals surface area contributed by atoms with Crippen molar-refractivity contribution in [1.82, 2.24) is 4.98 Å². The number of fused-ring (bicyclic) bond motifs is 1. The first kappa shape index (κ1) is 15.9. The number of carbonyl (C=O) groups excluding carboxylic acids is 1. The van der Waals surface area contributed by atoms with Crippen LogP contribution in [0.5, 0.6) is 11.5 Å².